The molecule has 0 heterocycles. The van der Waals surface area contributed by atoms with Crippen LogP contribution in [0.2, 0.25) is 0 Å². The molecule has 0 aliphatic heterocycles. The predicted molar refractivity (Wildman–Crippen MR) is 62.5 cm³/mol. The molecule has 0 spiro atoms. The summed E-state index contributed by atoms with van der Waals surface area (Å²) >= 11 is 0. The molecule has 0 aliphatic rings. The average Bonchev–Trinajstić information content (AvgIpc) is 2.29. The second-order valence-corrected chi connectivity index (χ2v) is 5.55. The Morgan fingerprint density at radius 1 is 1.33 bits per heavy atom. The van der Waals surface area contributed by atoms with Gasteiger partial charge in [-0.15, -0.1) is 0 Å². The van der Waals surface area contributed by atoms with Crippen molar-refractivity contribution in [1.29, 1.82) is 0 Å². The highest BCUT2D eigenvalue weighted by Crippen LogP contribution is 2.20. The van der Waals surface area contributed by atoms with Crippen molar-refractivity contribution in [3.05, 3.63) is 29.8 Å². The first-order valence-electron chi connectivity index (χ1n) is 5.49. The number of nitrogens with zero attached hydrogens (tertiary/aromatic N) is 1. The summed E-state index contributed by atoms with van der Waals surface area (Å²) in [5, 5.41) is 8.69. The zero-order valence-electron chi connectivity index (χ0n) is 9.94. The van der Waals surface area contributed by atoms with E-state index in [1.807, 2.05) is 0 Å². The number of hydrogen-bond acceptors (Lipinski definition) is 3. The predicted octanol–water partition coefficient (Wildman–Crippen LogP) is 1.36. The van der Waals surface area contributed by atoms with Crippen LogP contribution < -0.4 is 0 Å². The number of aliphatic hydroxyl groups is 1. The number of benzene rings is 1. The van der Waals surface area contributed by atoms with Crippen LogP contribution in [0.25, 0.3) is 0 Å². The number of rotatable bonds is 6. The summed E-state index contributed by atoms with van der Waals surface area (Å²) in [6, 6.07) is 2.34. The van der Waals surface area contributed by atoms with E-state index in [-0.39, 0.29) is 26.1 Å². The molecule has 0 aliphatic carbocycles. The van der Waals surface area contributed by atoms with E-state index in [2.05, 4.69) is 0 Å². The van der Waals surface area contributed by atoms with Gasteiger partial charge in [0.1, 0.15) is 16.5 Å². The van der Waals surface area contributed by atoms with Crippen LogP contribution in [0.3, 0.4) is 0 Å². The Kier molecular flexibility index (Phi) is 5.18. The molecule has 0 aromatic heterocycles. The Labute approximate surface area is 105 Å². The second-order valence-electron chi connectivity index (χ2n) is 3.65. The van der Waals surface area contributed by atoms with Crippen LogP contribution in [0.15, 0.2) is 23.1 Å². The van der Waals surface area contributed by atoms with Gasteiger partial charge in [0.25, 0.3) is 0 Å². The molecule has 0 bridgehead atoms. The van der Waals surface area contributed by atoms with Crippen LogP contribution in [-0.4, -0.2) is 37.5 Å². The molecule has 0 amide bonds. The summed E-state index contributed by atoms with van der Waals surface area (Å²) in [4.78, 5) is -0.552. The van der Waals surface area contributed by atoms with Crippen LogP contribution in [-0.2, 0) is 10.0 Å². The fraction of sp³-hybridized carbons (Fsp3) is 0.455. The van der Waals surface area contributed by atoms with Crippen molar-refractivity contribution in [2.45, 2.75) is 18.2 Å². The molecule has 0 radical (unpaired) electrons. The summed E-state index contributed by atoms with van der Waals surface area (Å²) in [6.45, 7) is 1.69. The van der Waals surface area contributed by atoms with E-state index >= 15 is 0 Å². The quantitative estimate of drug-likeness (QED) is 0.855. The lowest BCUT2D eigenvalue weighted by atomic mass is 10.3. The van der Waals surface area contributed by atoms with E-state index in [0.717, 1.165) is 16.4 Å². The SMILES string of the molecule is CCN(CCCO)S(=O)(=O)c1ccc(F)cc1F. The van der Waals surface area contributed by atoms with Crippen molar-refractivity contribution in [2.24, 2.45) is 0 Å². The molecule has 1 N–H and O–H groups in total. The standard InChI is InChI=1S/C11H15F2NO3S/c1-2-14(6-3-7-15)18(16,17)11-5-4-9(12)8-10(11)13/h4-5,8,15H,2-3,6-7H2,1H3. The van der Waals surface area contributed by atoms with E-state index in [0.29, 0.717) is 6.07 Å². The van der Waals surface area contributed by atoms with Gasteiger partial charge >= 0.3 is 0 Å². The van der Waals surface area contributed by atoms with Gasteiger partial charge in [0.05, 0.1) is 0 Å². The number of halogens is 2. The summed E-state index contributed by atoms with van der Waals surface area (Å²) in [6.07, 6.45) is 0.260. The number of aliphatic hydroxyl groups excluding tert-OH is 1. The summed E-state index contributed by atoms with van der Waals surface area (Å²) in [7, 11) is -3.99. The van der Waals surface area contributed by atoms with Gasteiger partial charge in [-0.3, -0.25) is 0 Å². The highest BCUT2D eigenvalue weighted by Gasteiger charge is 2.26. The summed E-state index contributed by atoms with van der Waals surface area (Å²) < 4.78 is 51.4. The first-order valence-corrected chi connectivity index (χ1v) is 6.93. The Morgan fingerprint density at radius 3 is 2.50 bits per heavy atom. The molecule has 0 saturated heterocycles. The van der Waals surface area contributed by atoms with E-state index in [1.165, 1.54) is 0 Å². The van der Waals surface area contributed by atoms with Crippen LogP contribution in [0.5, 0.6) is 0 Å². The maximum absolute atomic E-state index is 13.5. The third kappa shape index (κ3) is 3.24. The minimum atomic E-state index is -3.99. The zero-order chi connectivity index (χ0) is 13.8. The smallest absolute Gasteiger partial charge is 0.245 e. The molecule has 7 heteroatoms. The van der Waals surface area contributed by atoms with Gasteiger partial charge < -0.3 is 5.11 Å². The largest absolute Gasteiger partial charge is 0.396 e. The maximum atomic E-state index is 13.5. The first kappa shape index (κ1) is 15.0. The van der Waals surface area contributed by atoms with Gasteiger partial charge in [0.2, 0.25) is 10.0 Å². The van der Waals surface area contributed by atoms with Crippen molar-refractivity contribution < 1.29 is 22.3 Å². The summed E-state index contributed by atoms with van der Waals surface area (Å²) in [5.41, 5.74) is 0. The Bertz CT molecular complexity index is 505. The minimum absolute atomic E-state index is 0.0894. The second kappa shape index (κ2) is 6.21. The lowest BCUT2D eigenvalue weighted by Gasteiger charge is -2.20. The molecule has 18 heavy (non-hydrogen) atoms. The molecule has 1 aromatic carbocycles. The van der Waals surface area contributed by atoms with E-state index in [1.54, 1.807) is 6.92 Å². The molecule has 4 nitrogen and oxygen atoms in total. The molecule has 1 aromatic rings. The molecule has 0 atom stereocenters. The normalized spacial score (nSPS) is 12.1. The molecule has 0 fully saturated rings. The van der Waals surface area contributed by atoms with Crippen molar-refractivity contribution >= 4 is 10.0 Å². The van der Waals surface area contributed by atoms with Crippen LogP contribution in [0, 0.1) is 11.6 Å². The van der Waals surface area contributed by atoms with Crippen molar-refractivity contribution in [1.82, 2.24) is 4.31 Å². The van der Waals surface area contributed by atoms with Gasteiger partial charge in [-0.05, 0) is 18.6 Å². The fourth-order valence-corrected chi connectivity index (χ4v) is 3.05. The van der Waals surface area contributed by atoms with Crippen molar-refractivity contribution in [3.8, 4) is 0 Å². The van der Waals surface area contributed by atoms with Gasteiger partial charge in [0, 0.05) is 25.8 Å². The average molecular weight is 279 g/mol. The van der Waals surface area contributed by atoms with Crippen molar-refractivity contribution in [2.75, 3.05) is 19.7 Å². The molecular weight excluding hydrogens is 264 g/mol. The number of hydrogen-bond donors (Lipinski definition) is 1. The van der Waals surface area contributed by atoms with Crippen LogP contribution in [0.1, 0.15) is 13.3 Å². The fourth-order valence-electron chi connectivity index (χ4n) is 1.52. The van der Waals surface area contributed by atoms with E-state index in [9.17, 15) is 17.2 Å². The lowest BCUT2D eigenvalue weighted by Crippen LogP contribution is -2.32. The molecular formula is C11H15F2NO3S. The zero-order valence-corrected chi connectivity index (χ0v) is 10.8. The van der Waals surface area contributed by atoms with Gasteiger partial charge in [0.15, 0.2) is 0 Å². The topological polar surface area (TPSA) is 57.6 Å². The van der Waals surface area contributed by atoms with Crippen LogP contribution >= 0.6 is 0 Å². The molecule has 0 saturated carbocycles. The first-order chi connectivity index (χ1) is 8.43. The summed E-state index contributed by atoms with van der Waals surface area (Å²) in [5.74, 6) is -1.94. The Balaban J connectivity index is 3.10. The van der Waals surface area contributed by atoms with Crippen LogP contribution in [0.4, 0.5) is 8.78 Å². The van der Waals surface area contributed by atoms with Crippen molar-refractivity contribution in [3.63, 3.8) is 0 Å². The molecule has 0 unspecified atom stereocenters. The number of sulfonamides is 1. The minimum Gasteiger partial charge on any atom is -0.396 e. The van der Waals surface area contributed by atoms with E-state index < -0.39 is 26.6 Å². The van der Waals surface area contributed by atoms with Gasteiger partial charge in [-0.1, -0.05) is 6.92 Å². The Morgan fingerprint density at radius 2 is 2.00 bits per heavy atom. The maximum Gasteiger partial charge on any atom is 0.245 e. The highest BCUT2D eigenvalue weighted by atomic mass is 32.2. The Hall–Kier alpha value is -1.05. The highest BCUT2D eigenvalue weighted by molar-refractivity contribution is 7.89. The molecule has 1 rings (SSSR count). The third-order valence-electron chi connectivity index (χ3n) is 2.43. The van der Waals surface area contributed by atoms with E-state index in [4.69, 9.17) is 5.11 Å². The lowest BCUT2D eigenvalue weighted by molar-refractivity contribution is 0.271. The molecule has 102 valence electrons. The van der Waals surface area contributed by atoms with Gasteiger partial charge in [-0.25, -0.2) is 17.2 Å². The third-order valence-corrected chi connectivity index (χ3v) is 4.44. The monoisotopic (exact) mass is 279 g/mol. The van der Waals surface area contributed by atoms with Gasteiger partial charge in [-0.2, -0.15) is 4.31 Å².